The summed E-state index contributed by atoms with van der Waals surface area (Å²) in [5, 5.41) is 4.24. The zero-order valence-corrected chi connectivity index (χ0v) is 13.5. The molecule has 1 atom stereocenters. The minimum atomic E-state index is -0.199. The van der Waals surface area contributed by atoms with Crippen LogP contribution >= 0.6 is 27.5 Å². The van der Waals surface area contributed by atoms with Gasteiger partial charge in [0.15, 0.2) is 0 Å². The number of benzene rings is 1. The van der Waals surface area contributed by atoms with Crippen LogP contribution in [0.15, 0.2) is 22.7 Å². The summed E-state index contributed by atoms with van der Waals surface area (Å²) in [6.45, 7) is 8.48. The molecule has 1 fully saturated rings. The summed E-state index contributed by atoms with van der Waals surface area (Å²) in [6, 6.07) is 6.08. The number of ether oxygens (including phenoxy) is 1. The van der Waals surface area contributed by atoms with Crippen molar-refractivity contribution in [3.63, 3.8) is 0 Å². The van der Waals surface area contributed by atoms with E-state index in [0.717, 1.165) is 21.6 Å². The van der Waals surface area contributed by atoms with Crippen LogP contribution in [0.4, 0.5) is 5.69 Å². The lowest BCUT2D eigenvalue weighted by Gasteiger charge is -2.28. The van der Waals surface area contributed by atoms with Crippen LogP contribution in [0.1, 0.15) is 34.1 Å². The molecular weight excluding hydrogens is 314 g/mol. The highest BCUT2D eigenvalue weighted by Crippen LogP contribution is 2.40. The molecule has 0 amide bonds. The summed E-state index contributed by atoms with van der Waals surface area (Å²) in [7, 11) is 0. The molecule has 0 aliphatic carbocycles. The molecule has 2 nitrogen and oxygen atoms in total. The van der Waals surface area contributed by atoms with Crippen LogP contribution in [0, 0.1) is 0 Å². The van der Waals surface area contributed by atoms with Crippen LogP contribution < -0.4 is 5.32 Å². The fraction of sp³-hybridized carbons (Fsp3) is 0.571. The molecule has 0 aromatic heterocycles. The fourth-order valence-electron chi connectivity index (χ4n) is 2.58. The van der Waals surface area contributed by atoms with Gasteiger partial charge in [0.2, 0.25) is 0 Å². The van der Waals surface area contributed by atoms with Crippen molar-refractivity contribution in [3.8, 4) is 0 Å². The Morgan fingerprint density at radius 3 is 2.56 bits per heavy atom. The third kappa shape index (κ3) is 3.01. The van der Waals surface area contributed by atoms with Gasteiger partial charge in [-0.2, -0.15) is 0 Å². The molecule has 1 aromatic carbocycles. The first kappa shape index (κ1) is 14.2. The molecule has 1 aliphatic heterocycles. The lowest BCUT2D eigenvalue weighted by molar-refractivity contribution is -0.0662. The van der Waals surface area contributed by atoms with E-state index in [1.54, 1.807) is 0 Å². The fourth-order valence-corrected chi connectivity index (χ4v) is 3.12. The number of hydrogen-bond donors (Lipinski definition) is 1. The predicted molar refractivity (Wildman–Crippen MR) is 80.4 cm³/mol. The van der Waals surface area contributed by atoms with Crippen molar-refractivity contribution in [2.75, 3.05) is 5.32 Å². The van der Waals surface area contributed by atoms with E-state index >= 15 is 0 Å². The number of rotatable bonds is 2. The van der Waals surface area contributed by atoms with Crippen molar-refractivity contribution in [1.29, 1.82) is 0 Å². The normalized spacial score (nSPS) is 25.1. The van der Waals surface area contributed by atoms with Crippen LogP contribution in [-0.2, 0) is 4.74 Å². The van der Waals surface area contributed by atoms with Gasteiger partial charge in [0.25, 0.3) is 0 Å². The van der Waals surface area contributed by atoms with Crippen molar-refractivity contribution in [1.82, 2.24) is 0 Å². The van der Waals surface area contributed by atoms with Crippen molar-refractivity contribution in [3.05, 3.63) is 27.7 Å². The molecule has 0 bridgehead atoms. The summed E-state index contributed by atoms with van der Waals surface area (Å²) in [4.78, 5) is 0. The number of halogens is 2. The standard InChI is InChI=1S/C14H19BrClNO/c1-13(2)8-12(14(3,4)18-13)17-11-7-9(15)5-6-10(11)16/h5-7,12,17H,8H2,1-4H3. The lowest BCUT2D eigenvalue weighted by atomic mass is 9.94. The van der Waals surface area contributed by atoms with Gasteiger partial charge >= 0.3 is 0 Å². The molecule has 1 aliphatic rings. The maximum absolute atomic E-state index is 6.21. The zero-order valence-electron chi connectivity index (χ0n) is 11.2. The van der Waals surface area contributed by atoms with E-state index in [0.29, 0.717) is 0 Å². The molecule has 100 valence electrons. The van der Waals surface area contributed by atoms with Gasteiger partial charge in [-0.05, 0) is 52.3 Å². The topological polar surface area (TPSA) is 21.3 Å². The van der Waals surface area contributed by atoms with Crippen molar-refractivity contribution in [2.24, 2.45) is 0 Å². The SMILES string of the molecule is CC1(C)CC(Nc2cc(Br)ccc2Cl)C(C)(C)O1. The highest BCUT2D eigenvalue weighted by Gasteiger charge is 2.45. The van der Waals surface area contributed by atoms with Crippen LogP contribution in [0.3, 0.4) is 0 Å². The molecular formula is C14H19BrClNO. The second-order valence-corrected chi connectivity index (χ2v) is 7.31. The first-order chi connectivity index (χ1) is 8.20. The van der Waals surface area contributed by atoms with Crippen molar-refractivity contribution < 1.29 is 4.74 Å². The Hall–Kier alpha value is -0.250. The Morgan fingerprint density at radius 1 is 1.33 bits per heavy atom. The van der Waals surface area contributed by atoms with E-state index in [9.17, 15) is 0 Å². The molecule has 0 radical (unpaired) electrons. The number of nitrogens with one attached hydrogen (secondary N) is 1. The Morgan fingerprint density at radius 2 is 2.00 bits per heavy atom. The van der Waals surface area contributed by atoms with E-state index in [-0.39, 0.29) is 17.2 Å². The van der Waals surface area contributed by atoms with Gasteiger partial charge in [-0.3, -0.25) is 0 Å². The summed E-state index contributed by atoms with van der Waals surface area (Å²) in [6.07, 6.45) is 0.961. The number of anilines is 1. The van der Waals surface area contributed by atoms with Crippen molar-refractivity contribution >= 4 is 33.2 Å². The van der Waals surface area contributed by atoms with E-state index in [1.807, 2.05) is 18.2 Å². The minimum absolute atomic E-state index is 0.0976. The Bertz CT molecular complexity index is 459. The van der Waals surface area contributed by atoms with E-state index in [1.165, 1.54) is 0 Å². The predicted octanol–water partition coefficient (Wildman–Crippen LogP) is 4.86. The molecule has 1 N–H and O–H groups in total. The average Bonchev–Trinajstić information content (AvgIpc) is 2.40. The Labute approximate surface area is 122 Å². The Kier molecular flexibility index (Phi) is 3.69. The van der Waals surface area contributed by atoms with Gasteiger partial charge in [-0.25, -0.2) is 0 Å². The molecule has 1 saturated heterocycles. The number of hydrogen-bond acceptors (Lipinski definition) is 2. The van der Waals surface area contributed by atoms with Gasteiger partial charge in [0.1, 0.15) is 0 Å². The minimum Gasteiger partial charge on any atom is -0.378 e. The van der Waals surface area contributed by atoms with Crippen LogP contribution in [0.5, 0.6) is 0 Å². The van der Waals surface area contributed by atoms with E-state index in [4.69, 9.17) is 16.3 Å². The first-order valence-electron chi connectivity index (χ1n) is 6.11. The Balaban J connectivity index is 2.21. The van der Waals surface area contributed by atoms with Gasteiger partial charge in [-0.15, -0.1) is 0 Å². The highest BCUT2D eigenvalue weighted by molar-refractivity contribution is 9.10. The van der Waals surface area contributed by atoms with E-state index in [2.05, 4.69) is 48.9 Å². The summed E-state index contributed by atoms with van der Waals surface area (Å²) in [5.74, 6) is 0. The van der Waals surface area contributed by atoms with E-state index < -0.39 is 0 Å². The van der Waals surface area contributed by atoms with Crippen LogP contribution in [-0.4, -0.2) is 17.2 Å². The summed E-state index contributed by atoms with van der Waals surface area (Å²) < 4.78 is 7.09. The first-order valence-corrected chi connectivity index (χ1v) is 7.28. The zero-order chi connectivity index (χ0) is 13.6. The molecule has 2 rings (SSSR count). The van der Waals surface area contributed by atoms with Gasteiger partial charge < -0.3 is 10.1 Å². The maximum atomic E-state index is 6.21. The van der Waals surface area contributed by atoms with Gasteiger partial charge in [0, 0.05) is 4.47 Å². The average molecular weight is 333 g/mol. The second-order valence-electron chi connectivity index (χ2n) is 5.99. The van der Waals surface area contributed by atoms with Crippen LogP contribution in [0.2, 0.25) is 5.02 Å². The molecule has 4 heteroatoms. The van der Waals surface area contributed by atoms with Crippen LogP contribution in [0.25, 0.3) is 0 Å². The summed E-state index contributed by atoms with van der Waals surface area (Å²) in [5.41, 5.74) is 0.653. The maximum Gasteiger partial charge on any atom is 0.0834 e. The monoisotopic (exact) mass is 331 g/mol. The molecule has 0 saturated carbocycles. The largest absolute Gasteiger partial charge is 0.378 e. The smallest absolute Gasteiger partial charge is 0.0834 e. The summed E-state index contributed by atoms with van der Waals surface area (Å²) >= 11 is 9.68. The second kappa shape index (κ2) is 4.69. The molecule has 18 heavy (non-hydrogen) atoms. The molecule has 1 unspecified atom stereocenters. The molecule has 0 spiro atoms. The third-order valence-corrected chi connectivity index (χ3v) is 4.16. The lowest BCUT2D eigenvalue weighted by Crippen LogP contribution is -2.38. The highest BCUT2D eigenvalue weighted by atomic mass is 79.9. The van der Waals surface area contributed by atoms with Gasteiger partial charge in [0.05, 0.1) is 28.0 Å². The van der Waals surface area contributed by atoms with Crippen molar-refractivity contribution in [2.45, 2.75) is 51.4 Å². The van der Waals surface area contributed by atoms with Gasteiger partial charge in [-0.1, -0.05) is 27.5 Å². The molecule has 1 aromatic rings. The third-order valence-electron chi connectivity index (χ3n) is 3.33. The molecule has 1 heterocycles. The quantitative estimate of drug-likeness (QED) is 0.835.